The lowest BCUT2D eigenvalue weighted by molar-refractivity contribution is -0.164. The zero-order valence-corrected chi connectivity index (χ0v) is 41.2. The van der Waals surface area contributed by atoms with Crippen molar-refractivity contribution in [3.8, 4) is 28.9 Å². The Morgan fingerprint density at radius 2 is 1.62 bits per heavy atom. The van der Waals surface area contributed by atoms with Gasteiger partial charge in [0.25, 0.3) is 5.91 Å². The average molecular weight is 954 g/mol. The number of benzene rings is 3. The smallest absolute Gasteiger partial charge is 0.251 e. The number of hydrogen-bond donors (Lipinski definition) is 4. The molecular weight excluding hydrogens is 888 g/mol. The lowest BCUT2D eigenvalue weighted by Crippen LogP contribution is -2.74. The van der Waals surface area contributed by atoms with Gasteiger partial charge in [0.15, 0.2) is 12.2 Å². The fourth-order valence-corrected chi connectivity index (χ4v) is 9.78. The van der Waals surface area contributed by atoms with Crippen LogP contribution in [0.2, 0.25) is 5.02 Å². The molecule has 1 aliphatic carbocycles. The summed E-state index contributed by atoms with van der Waals surface area (Å²) in [5.74, 6) is 0.394. The number of aliphatic hydroxyl groups is 1. The number of nitrogens with zero attached hydrogens (tertiary/aromatic N) is 3. The zero-order chi connectivity index (χ0) is 49.6. The van der Waals surface area contributed by atoms with Crippen LogP contribution in [-0.4, -0.2) is 95.3 Å². The number of aryl methyl sites for hydroxylation is 1. The Bertz CT molecular complexity index is 2440. The molecule has 68 heavy (non-hydrogen) atoms. The molecule has 364 valence electrons. The van der Waals surface area contributed by atoms with Crippen molar-refractivity contribution >= 4 is 35.2 Å². The van der Waals surface area contributed by atoms with Gasteiger partial charge in [-0.2, -0.15) is 5.26 Å². The van der Waals surface area contributed by atoms with Crippen LogP contribution in [0.25, 0.3) is 11.3 Å². The molecule has 1 saturated carbocycles. The van der Waals surface area contributed by atoms with Gasteiger partial charge in [0, 0.05) is 53.6 Å². The van der Waals surface area contributed by atoms with Crippen LogP contribution in [0.3, 0.4) is 0 Å². The Morgan fingerprint density at radius 3 is 2.24 bits per heavy atom. The van der Waals surface area contributed by atoms with Crippen molar-refractivity contribution in [2.75, 3.05) is 26.4 Å². The number of rotatable bonds is 19. The van der Waals surface area contributed by atoms with E-state index in [1.54, 1.807) is 42.5 Å². The fraction of sp³-hybridized carbons (Fsp3) is 0.500. The van der Waals surface area contributed by atoms with Crippen LogP contribution in [-0.2, 0) is 19.1 Å². The van der Waals surface area contributed by atoms with Crippen molar-refractivity contribution < 1.29 is 42.9 Å². The molecule has 0 bridgehead atoms. The molecule has 0 radical (unpaired) electrons. The van der Waals surface area contributed by atoms with Gasteiger partial charge in [-0.25, -0.2) is 4.98 Å². The molecule has 0 spiro atoms. The second kappa shape index (κ2) is 21.6. The van der Waals surface area contributed by atoms with E-state index in [4.69, 9.17) is 30.2 Å². The van der Waals surface area contributed by atoms with Gasteiger partial charge in [0.05, 0.1) is 35.0 Å². The molecule has 3 aromatic carbocycles. The Balaban J connectivity index is 0.887. The molecule has 1 aromatic heterocycles. The van der Waals surface area contributed by atoms with Gasteiger partial charge in [-0.1, -0.05) is 84.3 Å². The van der Waals surface area contributed by atoms with E-state index in [2.05, 4.69) is 54.7 Å². The second-order valence-corrected chi connectivity index (χ2v) is 20.6. The van der Waals surface area contributed by atoms with E-state index in [9.17, 15) is 29.5 Å². The lowest BCUT2D eigenvalue weighted by atomic mass is 9.49. The predicted molar refractivity (Wildman–Crippen MR) is 257 cm³/mol. The van der Waals surface area contributed by atoms with Gasteiger partial charge in [-0.15, -0.1) is 0 Å². The Labute approximate surface area is 404 Å². The SMILES string of the molecule is Cc1ncoc1-c1ccc([C@H](C)NC(=O)[C@@H]2C[C@@H](O)CN2C(=O)[C@@H](NC(=O)COCCCCCOc2ccc(C(=O)NC3C(C)(C)C(Oc4ccc(C#N)c(Cl)c4)C3(C)C)cc2)C(C)(C)C)cc1. The Hall–Kier alpha value is -5.95. The number of β-amino-alcohol motifs (C(OH)–C–C–N with tert-alkyl or cyclic N) is 1. The van der Waals surface area contributed by atoms with E-state index in [0.29, 0.717) is 53.0 Å². The summed E-state index contributed by atoms with van der Waals surface area (Å²) in [4.78, 5) is 59.6. The molecule has 2 fully saturated rings. The van der Waals surface area contributed by atoms with Crippen LogP contribution in [0.5, 0.6) is 11.5 Å². The molecule has 1 aliphatic heterocycles. The summed E-state index contributed by atoms with van der Waals surface area (Å²) < 4.78 is 23.4. The fourth-order valence-electron chi connectivity index (χ4n) is 9.57. The number of carbonyl (C=O) groups excluding carboxylic acids is 4. The summed E-state index contributed by atoms with van der Waals surface area (Å²) in [5.41, 5.74) is 1.89. The quantitative estimate of drug-likeness (QED) is 0.0670. The first-order chi connectivity index (χ1) is 32.1. The van der Waals surface area contributed by atoms with Crippen LogP contribution in [0, 0.1) is 34.5 Å². The number of nitrogens with one attached hydrogen (secondary N) is 3. The number of halogens is 1. The molecule has 15 nitrogen and oxygen atoms in total. The van der Waals surface area contributed by atoms with Crippen molar-refractivity contribution in [3.63, 3.8) is 0 Å². The van der Waals surface area contributed by atoms with Crippen molar-refractivity contribution in [1.29, 1.82) is 5.26 Å². The molecule has 4 aromatic rings. The first kappa shape index (κ1) is 51.4. The molecule has 16 heteroatoms. The third kappa shape index (κ3) is 12.0. The lowest BCUT2D eigenvalue weighted by Gasteiger charge is -2.63. The van der Waals surface area contributed by atoms with Gasteiger partial charge in [-0.05, 0) is 80.5 Å². The topological polar surface area (TPSA) is 205 Å². The van der Waals surface area contributed by atoms with Crippen molar-refractivity contribution in [2.45, 2.75) is 124 Å². The predicted octanol–water partition coefficient (Wildman–Crippen LogP) is 7.72. The molecule has 4 atom stereocenters. The summed E-state index contributed by atoms with van der Waals surface area (Å²) in [6.45, 7) is 18.0. The molecule has 4 N–H and O–H groups in total. The van der Waals surface area contributed by atoms with Crippen LogP contribution >= 0.6 is 11.6 Å². The highest BCUT2D eigenvalue weighted by Gasteiger charge is 2.64. The van der Waals surface area contributed by atoms with Gasteiger partial charge in [0.1, 0.15) is 42.4 Å². The normalized spacial score (nSPS) is 20.3. The molecule has 2 heterocycles. The van der Waals surface area contributed by atoms with Crippen LogP contribution in [0.4, 0.5) is 0 Å². The summed E-state index contributed by atoms with van der Waals surface area (Å²) in [7, 11) is 0. The van der Waals surface area contributed by atoms with E-state index in [0.717, 1.165) is 29.7 Å². The summed E-state index contributed by atoms with van der Waals surface area (Å²) >= 11 is 6.23. The number of hydrogen-bond acceptors (Lipinski definition) is 11. The minimum atomic E-state index is -0.970. The van der Waals surface area contributed by atoms with Crippen LogP contribution in [0.1, 0.15) is 114 Å². The number of aromatic nitrogens is 1. The number of oxazole rings is 1. The average Bonchev–Trinajstić information content (AvgIpc) is 3.91. The van der Waals surface area contributed by atoms with Crippen molar-refractivity contribution in [3.05, 3.63) is 101 Å². The number of carbonyl (C=O) groups is 4. The maximum Gasteiger partial charge on any atom is 0.251 e. The summed E-state index contributed by atoms with van der Waals surface area (Å²) in [6.07, 6.45) is 2.58. The Morgan fingerprint density at radius 1 is 0.956 bits per heavy atom. The highest BCUT2D eigenvalue weighted by atomic mass is 35.5. The molecule has 6 rings (SSSR count). The van der Waals surface area contributed by atoms with E-state index >= 15 is 0 Å². The maximum atomic E-state index is 14.0. The third-order valence-electron chi connectivity index (χ3n) is 13.0. The van der Waals surface area contributed by atoms with Gasteiger partial charge in [0.2, 0.25) is 17.7 Å². The van der Waals surface area contributed by atoms with E-state index in [1.165, 1.54) is 11.3 Å². The summed E-state index contributed by atoms with van der Waals surface area (Å²) in [5, 5.41) is 29.2. The number of unbranched alkanes of at least 4 members (excludes halogenated alkanes) is 2. The monoisotopic (exact) mass is 952 g/mol. The Kier molecular flexibility index (Phi) is 16.3. The maximum absolute atomic E-state index is 14.0. The number of likely N-dealkylation sites (tertiary alicyclic amines) is 1. The molecule has 1 saturated heterocycles. The van der Waals surface area contributed by atoms with Crippen LogP contribution in [0.15, 0.2) is 77.5 Å². The second-order valence-electron chi connectivity index (χ2n) is 20.2. The highest BCUT2D eigenvalue weighted by Crippen LogP contribution is 2.55. The van der Waals surface area contributed by atoms with Crippen molar-refractivity contribution in [2.24, 2.45) is 16.2 Å². The van der Waals surface area contributed by atoms with Gasteiger partial charge in [-0.3, -0.25) is 19.2 Å². The molecular formula is C52H65ClN6O9. The molecule has 4 amide bonds. The first-order valence-electron chi connectivity index (χ1n) is 23.2. The number of amides is 4. The number of ether oxygens (including phenoxy) is 3. The van der Waals surface area contributed by atoms with E-state index in [1.807, 2.05) is 58.9 Å². The highest BCUT2D eigenvalue weighted by molar-refractivity contribution is 6.31. The number of nitriles is 1. The van der Waals surface area contributed by atoms with E-state index < -0.39 is 52.2 Å². The largest absolute Gasteiger partial charge is 0.494 e. The standard InChI is InChI=1S/C52H65ClN6O9/c1-31(33-13-15-34(16-14-33)43-32(2)55-30-67-43)56-46(63)41-25-37(60)28-59(41)47(64)44(50(3,4)5)57-42(61)29-65-23-11-10-12-24-66-38-20-17-35(18-21-38)45(62)58-48-51(6,7)49(52(48,8)9)68-39-22-19-36(27-54)40(53)26-39/h13-22,26,30-31,37,41,44,48-49,60H,10-12,23-25,28-29H2,1-9H3,(H,56,63)(H,57,61)(H,58,62)/t31-,37+,41-,44+,48?,49?/m0/s1. The van der Waals surface area contributed by atoms with Gasteiger partial charge < -0.3 is 44.6 Å². The summed E-state index contributed by atoms with van der Waals surface area (Å²) in [6, 6.07) is 19.2. The minimum absolute atomic E-state index is 0.0302. The zero-order valence-electron chi connectivity index (χ0n) is 40.5. The first-order valence-corrected chi connectivity index (χ1v) is 23.6. The number of aliphatic hydroxyl groups excluding tert-OH is 1. The van der Waals surface area contributed by atoms with Crippen molar-refractivity contribution in [1.82, 2.24) is 25.8 Å². The van der Waals surface area contributed by atoms with Crippen LogP contribution < -0.4 is 25.4 Å². The van der Waals surface area contributed by atoms with E-state index in [-0.39, 0.29) is 43.7 Å². The third-order valence-corrected chi connectivity index (χ3v) is 13.4. The van der Waals surface area contributed by atoms with Gasteiger partial charge >= 0.3 is 0 Å². The molecule has 2 aliphatic rings. The molecule has 0 unspecified atom stereocenters. The minimum Gasteiger partial charge on any atom is -0.494 e.